The number of nitrogens with two attached hydrogens (primary N) is 1. The third-order valence-electron chi connectivity index (χ3n) is 2.98. The van der Waals surface area contributed by atoms with Crippen molar-refractivity contribution in [3.63, 3.8) is 0 Å². The number of benzene rings is 1. The first kappa shape index (κ1) is 19.1. The van der Waals surface area contributed by atoms with Gasteiger partial charge in [0, 0.05) is 0 Å². The highest BCUT2D eigenvalue weighted by molar-refractivity contribution is 7.89. The summed E-state index contributed by atoms with van der Waals surface area (Å²) >= 11 is 0. The van der Waals surface area contributed by atoms with Crippen molar-refractivity contribution >= 4 is 21.9 Å². The molecule has 0 radical (unpaired) electrons. The molecule has 0 aliphatic carbocycles. The van der Waals surface area contributed by atoms with Crippen LogP contribution in [0.5, 0.6) is 0 Å². The molecule has 3 N–H and O–H groups in total. The fourth-order valence-corrected chi connectivity index (χ4v) is 3.08. The van der Waals surface area contributed by atoms with Crippen LogP contribution in [-0.2, 0) is 24.3 Å². The van der Waals surface area contributed by atoms with Gasteiger partial charge in [-0.25, -0.2) is 8.42 Å². The number of sulfonamides is 1. The van der Waals surface area contributed by atoms with Gasteiger partial charge in [-0.1, -0.05) is 31.5 Å². The fourth-order valence-electron chi connectivity index (χ4n) is 1.88. The van der Waals surface area contributed by atoms with Crippen molar-refractivity contribution in [1.82, 2.24) is 4.72 Å². The van der Waals surface area contributed by atoms with E-state index in [0.717, 1.165) is 5.56 Å². The van der Waals surface area contributed by atoms with Crippen LogP contribution in [0.1, 0.15) is 25.8 Å². The highest BCUT2D eigenvalue weighted by Gasteiger charge is 2.28. The number of carbonyl (C=O) groups is 2. The molecule has 0 bridgehead atoms. The lowest BCUT2D eigenvalue weighted by molar-refractivity contribution is -0.149. The van der Waals surface area contributed by atoms with Gasteiger partial charge in [-0.3, -0.25) is 9.59 Å². The quantitative estimate of drug-likeness (QED) is 0.675. The Balaban J connectivity index is 2.92. The molecule has 128 valence electrons. The Labute approximate surface area is 136 Å². The molecule has 8 heteroatoms. The molecule has 1 atom stereocenters. The summed E-state index contributed by atoms with van der Waals surface area (Å²) in [6, 6.07) is 5.16. The Kier molecular flexibility index (Phi) is 6.71. The summed E-state index contributed by atoms with van der Waals surface area (Å²) < 4.78 is 31.8. The SMILES string of the molecule is Cc1ccc(S(=O)(=O)N[C@H](CC(C)C)C(=O)OCC(N)=O)cc1. The van der Waals surface area contributed by atoms with E-state index in [9.17, 15) is 18.0 Å². The number of aryl methyl sites for hydroxylation is 1. The molecule has 0 unspecified atom stereocenters. The lowest BCUT2D eigenvalue weighted by Gasteiger charge is -2.19. The largest absolute Gasteiger partial charge is 0.454 e. The molecule has 0 spiro atoms. The van der Waals surface area contributed by atoms with Crippen LogP contribution in [0.3, 0.4) is 0 Å². The molecule has 0 saturated carbocycles. The van der Waals surface area contributed by atoms with Gasteiger partial charge < -0.3 is 10.5 Å². The zero-order valence-electron chi connectivity index (χ0n) is 13.4. The number of ether oxygens (including phenoxy) is 1. The summed E-state index contributed by atoms with van der Waals surface area (Å²) in [6.45, 7) is 4.94. The van der Waals surface area contributed by atoms with Crippen molar-refractivity contribution in [3.8, 4) is 0 Å². The van der Waals surface area contributed by atoms with E-state index in [4.69, 9.17) is 10.5 Å². The van der Waals surface area contributed by atoms with Gasteiger partial charge >= 0.3 is 5.97 Å². The maximum atomic E-state index is 12.4. The van der Waals surface area contributed by atoms with Crippen LogP contribution in [-0.4, -0.2) is 32.9 Å². The predicted molar refractivity (Wildman–Crippen MR) is 84.9 cm³/mol. The molecule has 7 nitrogen and oxygen atoms in total. The van der Waals surface area contributed by atoms with Crippen molar-refractivity contribution in [2.24, 2.45) is 11.7 Å². The van der Waals surface area contributed by atoms with Crippen molar-refractivity contribution in [1.29, 1.82) is 0 Å². The number of hydrogen-bond donors (Lipinski definition) is 2. The van der Waals surface area contributed by atoms with Crippen molar-refractivity contribution in [3.05, 3.63) is 29.8 Å². The Bertz CT molecular complexity index is 653. The molecule has 0 fully saturated rings. The molecule has 1 aromatic carbocycles. The topological polar surface area (TPSA) is 116 Å². The molecule has 1 amide bonds. The number of rotatable bonds is 8. The second-order valence-corrected chi connectivity index (χ2v) is 7.40. The van der Waals surface area contributed by atoms with Crippen LogP contribution in [0, 0.1) is 12.8 Å². The summed E-state index contributed by atoms with van der Waals surface area (Å²) in [5.41, 5.74) is 5.84. The lowest BCUT2D eigenvalue weighted by Crippen LogP contribution is -2.43. The van der Waals surface area contributed by atoms with Gasteiger partial charge in [-0.05, 0) is 31.4 Å². The first-order valence-corrected chi connectivity index (χ1v) is 8.64. The molecule has 1 aromatic rings. The second kappa shape index (κ2) is 8.07. The molecule has 0 heterocycles. The minimum absolute atomic E-state index is 0.0434. The molecule has 0 saturated heterocycles. The lowest BCUT2D eigenvalue weighted by atomic mass is 10.1. The van der Waals surface area contributed by atoms with Crippen molar-refractivity contribution < 1.29 is 22.7 Å². The molecular weight excluding hydrogens is 320 g/mol. The highest BCUT2D eigenvalue weighted by Crippen LogP contribution is 2.14. The summed E-state index contributed by atoms with van der Waals surface area (Å²) in [5, 5.41) is 0. The summed E-state index contributed by atoms with van der Waals surface area (Å²) in [7, 11) is -3.87. The Morgan fingerprint density at radius 1 is 1.22 bits per heavy atom. The fraction of sp³-hybridized carbons (Fsp3) is 0.467. The molecule has 0 aliphatic rings. The van der Waals surface area contributed by atoms with Crippen molar-refractivity contribution in [2.45, 2.75) is 38.1 Å². The first-order valence-electron chi connectivity index (χ1n) is 7.15. The van der Waals surface area contributed by atoms with E-state index < -0.39 is 34.5 Å². The van der Waals surface area contributed by atoms with Gasteiger partial charge in [0.2, 0.25) is 10.0 Å². The van der Waals surface area contributed by atoms with E-state index >= 15 is 0 Å². The van der Waals surface area contributed by atoms with E-state index in [1.807, 2.05) is 20.8 Å². The minimum Gasteiger partial charge on any atom is -0.454 e. The minimum atomic E-state index is -3.87. The Hall–Kier alpha value is -1.93. The normalized spacial score (nSPS) is 12.9. The van der Waals surface area contributed by atoms with Gasteiger partial charge in [-0.15, -0.1) is 0 Å². The zero-order valence-corrected chi connectivity index (χ0v) is 14.2. The Morgan fingerprint density at radius 3 is 2.26 bits per heavy atom. The average molecular weight is 342 g/mol. The average Bonchev–Trinajstić information content (AvgIpc) is 2.43. The third kappa shape index (κ3) is 6.37. The molecule has 0 aromatic heterocycles. The summed E-state index contributed by atoms with van der Waals surface area (Å²) in [5.74, 6) is -1.59. The molecular formula is C15H22N2O5S. The van der Waals surface area contributed by atoms with Gasteiger partial charge in [0.05, 0.1) is 4.90 Å². The van der Waals surface area contributed by atoms with Crippen LogP contribution in [0.25, 0.3) is 0 Å². The van der Waals surface area contributed by atoms with Gasteiger partial charge in [-0.2, -0.15) is 4.72 Å². The van der Waals surface area contributed by atoms with Gasteiger partial charge in [0.15, 0.2) is 6.61 Å². The monoisotopic (exact) mass is 342 g/mol. The Morgan fingerprint density at radius 2 is 1.78 bits per heavy atom. The molecule has 23 heavy (non-hydrogen) atoms. The third-order valence-corrected chi connectivity index (χ3v) is 4.46. The van der Waals surface area contributed by atoms with E-state index in [1.165, 1.54) is 12.1 Å². The zero-order chi connectivity index (χ0) is 17.6. The van der Waals surface area contributed by atoms with Crippen LogP contribution in [0.15, 0.2) is 29.2 Å². The van der Waals surface area contributed by atoms with Gasteiger partial charge in [0.1, 0.15) is 6.04 Å². The maximum Gasteiger partial charge on any atom is 0.324 e. The molecule has 0 aliphatic heterocycles. The van der Waals surface area contributed by atoms with Crippen molar-refractivity contribution in [2.75, 3.05) is 6.61 Å². The standard InChI is InChI=1S/C15H22N2O5S/c1-10(2)8-13(15(19)22-9-14(16)18)17-23(20,21)12-6-4-11(3)5-7-12/h4-7,10,13,17H,8-9H2,1-3H3,(H2,16,18)/t13-/m1/s1. The second-order valence-electron chi connectivity index (χ2n) is 5.69. The first-order chi connectivity index (χ1) is 10.6. The van der Waals surface area contributed by atoms with E-state index in [-0.39, 0.29) is 17.2 Å². The van der Waals surface area contributed by atoms with E-state index in [0.29, 0.717) is 0 Å². The summed E-state index contributed by atoms with van der Waals surface area (Å²) in [6.07, 6.45) is 0.239. The smallest absolute Gasteiger partial charge is 0.324 e. The van der Waals surface area contributed by atoms with Crippen LogP contribution in [0.2, 0.25) is 0 Å². The number of primary amides is 1. The van der Waals surface area contributed by atoms with E-state index in [2.05, 4.69) is 4.72 Å². The van der Waals surface area contributed by atoms with Gasteiger partial charge in [0.25, 0.3) is 5.91 Å². The highest BCUT2D eigenvalue weighted by atomic mass is 32.2. The number of amides is 1. The number of carbonyl (C=O) groups excluding carboxylic acids is 2. The maximum absolute atomic E-state index is 12.4. The van der Waals surface area contributed by atoms with Crippen LogP contribution < -0.4 is 10.5 Å². The number of nitrogens with one attached hydrogen (secondary N) is 1. The summed E-state index contributed by atoms with van der Waals surface area (Å²) in [4.78, 5) is 22.7. The van der Waals surface area contributed by atoms with Crippen LogP contribution in [0.4, 0.5) is 0 Å². The van der Waals surface area contributed by atoms with Crippen LogP contribution >= 0.6 is 0 Å². The predicted octanol–water partition coefficient (Wildman–Crippen LogP) is 0.717. The number of esters is 1. The number of hydrogen-bond acceptors (Lipinski definition) is 5. The molecule has 1 rings (SSSR count). The van der Waals surface area contributed by atoms with E-state index in [1.54, 1.807) is 12.1 Å².